The minimum atomic E-state index is -0.0705. The molecule has 3 N–H and O–H groups in total. The number of aryl methyl sites for hydroxylation is 2. The second kappa shape index (κ2) is 6.92. The monoisotopic (exact) mass is 348 g/mol. The summed E-state index contributed by atoms with van der Waals surface area (Å²) in [6.07, 6.45) is 8.05. The highest BCUT2D eigenvalue weighted by Gasteiger charge is 2.16. The van der Waals surface area contributed by atoms with Crippen molar-refractivity contribution >= 4 is 11.6 Å². The summed E-state index contributed by atoms with van der Waals surface area (Å²) in [7, 11) is 0. The average Bonchev–Trinajstić information content (AvgIpc) is 2.92. The van der Waals surface area contributed by atoms with Gasteiger partial charge < -0.3 is 15.5 Å². The van der Waals surface area contributed by atoms with Crippen LogP contribution in [0.5, 0.6) is 0 Å². The molecule has 1 aliphatic carbocycles. The van der Waals surface area contributed by atoms with Crippen LogP contribution in [0.3, 0.4) is 0 Å². The minimum Gasteiger partial charge on any atom is -0.346 e. The fourth-order valence-electron chi connectivity index (χ4n) is 3.65. The number of pyridine rings is 1. The number of carbonyl (C=O) groups excluding carboxylic acids is 1. The number of nitrogens with zero attached hydrogens (tertiary/aromatic N) is 2. The molecule has 4 rings (SSSR count). The van der Waals surface area contributed by atoms with Crippen LogP contribution in [0.2, 0.25) is 0 Å². The maximum Gasteiger partial charge on any atom is 0.251 e. The van der Waals surface area contributed by atoms with Crippen molar-refractivity contribution in [2.75, 3.05) is 0 Å². The van der Waals surface area contributed by atoms with E-state index in [1.54, 1.807) is 0 Å². The number of rotatable bonds is 3. The highest BCUT2D eigenvalue weighted by molar-refractivity contribution is 5.94. The summed E-state index contributed by atoms with van der Waals surface area (Å²) in [4.78, 5) is 17.1. The smallest absolute Gasteiger partial charge is 0.251 e. The Kier molecular flexibility index (Phi) is 4.47. The molecule has 1 atom stereocenters. The first-order chi connectivity index (χ1) is 12.6. The lowest BCUT2D eigenvalue weighted by Crippen LogP contribution is -2.24. The van der Waals surface area contributed by atoms with E-state index in [0.29, 0.717) is 12.1 Å². The number of amides is 1. The zero-order valence-corrected chi connectivity index (χ0v) is 15.0. The van der Waals surface area contributed by atoms with Crippen LogP contribution in [0.25, 0.3) is 5.65 Å². The zero-order valence-electron chi connectivity index (χ0n) is 15.0. The number of nitrogens with two attached hydrogens (primary N) is 1. The van der Waals surface area contributed by atoms with E-state index >= 15 is 0 Å². The Bertz CT molecular complexity index is 960. The fourth-order valence-corrected chi connectivity index (χ4v) is 3.65. The van der Waals surface area contributed by atoms with Crippen molar-refractivity contribution in [1.82, 2.24) is 14.7 Å². The van der Waals surface area contributed by atoms with Gasteiger partial charge in [0.1, 0.15) is 5.65 Å². The number of nitrogens with one attached hydrogen (secondary N) is 1. The third-order valence-electron chi connectivity index (χ3n) is 5.05. The Morgan fingerprint density at radius 2 is 2.15 bits per heavy atom. The van der Waals surface area contributed by atoms with Gasteiger partial charge in [-0.3, -0.25) is 4.79 Å². The van der Waals surface area contributed by atoms with E-state index in [9.17, 15) is 4.79 Å². The number of imidazole rings is 1. The molecular weight excluding hydrogens is 324 g/mol. The molecule has 5 heteroatoms. The van der Waals surface area contributed by atoms with Gasteiger partial charge in [0.05, 0.1) is 12.2 Å². The van der Waals surface area contributed by atoms with Gasteiger partial charge >= 0.3 is 0 Å². The molecule has 0 aliphatic heterocycles. The number of carbonyl (C=O) groups is 1. The molecule has 0 saturated carbocycles. The predicted molar refractivity (Wildman–Crippen MR) is 102 cm³/mol. The zero-order chi connectivity index (χ0) is 18.1. The quantitative estimate of drug-likeness (QED) is 0.715. The van der Waals surface area contributed by atoms with Crippen LogP contribution in [-0.2, 0) is 19.4 Å². The molecule has 1 amide bonds. The average molecular weight is 348 g/mol. The van der Waals surface area contributed by atoms with Crippen LogP contribution in [0.15, 0.2) is 42.7 Å². The van der Waals surface area contributed by atoms with E-state index < -0.39 is 0 Å². The van der Waals surface area contributed by atoms with Gasteiger partial charge in [-0.15, -0.1) is 0 Å². The molecule has 1 unspecified atom stereocenters. The molecule has 0 spiro atoms. The van der Waals surface area contributed by atoms with Gasteiger partial charge in [0.25, 0.3) is 5.91 Å². The van der Waals surface area contributed by atoms with Crippen LogP contribution in [0, 0.1) is 6.92 Å². The van der Waals surface area contributed by atoms with E-state index in [2.05, 4.69) is 16.4 Å². The van der Waals surface area contributed by atoms with Crippen molar-refractivity contribution in [2.24, 2.45) is 5.73 Å². The molecule has 3 aromatic rings. The van der Waals surface area contributed by atoms with E-state index in [1.165, 1.54) is 16.7 Å². The van der Waals surface area contributed by atoms with Gasteiger partial charge in [0.2, 0.25) is 0 Å². The molecule has 0 bridgehead atoms. The molecule has 134 valence electrons. The highest BCUT2D eigenvalue weighted by atomic mass is 16.1. The maximum atomic E-state index is 12.6. The highest BCUT2D eigenvalue weighted by Crippen LogP contribution is 2.21. The maximum absolute atomic E-state index is 12.6. The predicted octanol–water partition coefficient (Wildman–Crippen LogP) is 2.78. The Labute approximate surface area is 153 Å². The molecule has 2 aromatic heterocycles. The molecule has 5 nitrogen and oxygen atoms in total. The van der Waals surface area contributed by atoms with Crippen LogP contribution >= 0.6 is 0 Å². The first-order valence-electron chi connectivity index (χ1n) is 9.18. The van der Waals surface area contributed by atoms with E-state index in [-0.39, 0.29) is 11.9 Å². The van der Waals surface area contributed by atoms with Crippen LogP contribution in [0.1, 0.15) is 45.6 Å². The van der Waals surface area contributed by atoms with E-state index in [4.69, 9.17) is 5.73 Å². The number of hydrogen-bond acceptors (Lipinski definition) is 3. The number of fused-ring (bicyclic) bond motifs is 2. The first-order valence-corrected chi connectivity index (χ1v) is 9.18. The van der Waals surface area contributed by atoms with Crippen molar-refractivity contribution in [3.05, 3.63) is 70.7 Å². The second-order valence-electron chi connectivity index (χ2n) is 7.23. The van der Waals surface area contributed by atoms with Crippen molar-refractivity contribution in [3.8, 4) is 0 Å². The van der Waals surface area contributed by atoms with Crippen molar-refractivity contribution < 1.29 is 4.79 Å². The normalized spacial score (nSPS) is 16.9. The molecule has 0 fully saturated rings. The minimum absolute atomic E-state index is 0.0705. The van der Waals surface area contributed by atoms with Crippen LogP contribution in [0.4, 0.5) is 0 Å². The molecule has 26 heavy (non-hydrogen) atoms. The summed E-state index contributed by atoms with van der Waals surface area (Å²) in [5.74, 6) is -0.0705. The molecular formula is C21H24N4O. The summed E-state index contributed by atoms with van der Waals surface area (Å²) in [6, 6.07) is 10.2. The Morgan fingerprint density at radius 1 is 1.27 bits per heavy atom. The molecule has 1 aromatic carbocycles. The summed E-state index contributed by atoms with van der Waals surface area (Å²) < 4.78 is 1.99. The molecule has 2 heterocycles. The largest absolute Gasteiger partial charge is 0.346 e. The van der Waals surface area contributed by atoms with Gasteiger partial charge in [-0.05, 0) is 67.5 Å². The van der Waals surface area contributed by atoms with Gasteiger partial charge in [0.15, 0.2) is 0 Å². The molecule has 0 saturated heterocycles. The summed E-state index contributed by atoms with van der Waals surface area (Å²) >= 11 is 0. The summed E-state index contributed by atoms with van der Waals surface area (Å²) in [5, 5.41) is 2.98. The van der Waals surface area contributed by atoms with Crippen molar-refractivity contribution in [2.45, 2.75) is 45.2 Å². The lowest BCUT2D eigenvalue weighted by atomic mass is 9.99. The molecule has 1 aliphatic rings. The van der Waals surface area contributed by atoms with Gasteiger partial charge in [-0.1, -0.05) is 12.1 Å². The van der Waals surface area contributed by atoms with Crippen molar-refractivity contribution in [1.29, 1.82) is 0 Å². The van der Waals surface area contributed by atoms with E-state index in [1.807, 2.05) is 48.0 Å². The third-order valence-corrected chi connectivity index (χ3v) is 5.05. The number of benzene rings is 1. The third kappa shape index (κ3) is 3.48. The second-order valence-corrected chi connectivity index (χ2v) is 7.23. The van der Waals surface area contributed by atoms with Crippen molar-refractivity contribution in [3.63, 3.8) is 0 Å². The van der Waals surface area contributed by atoms with Gasteiger partial charge in [-0.25, -0.2) is 4.98 Å². The fraction of sp³-hybridized carbons (Fsp3) is 0.333. The lowest BCUT2D eigenvalue weighted by molar-refractivity contribution is 0.0950. The number of aromatic nitrogens is 2. The number of hydrogen-bond donors (Lipinski definition) is 2. The lowest BCUT2D eigenvalue weighted by Gasteiger charge is -2.11. The first kappa shape index (κ1) is 16.8. The Balaban J connectivity index is 1.47. The summed E-state index contributed by atoms with van der Waals surface area (Å²) in [6.45, 7) is 2.46. The van der Waals surface area contributed by atoms with E-state index in [0.717, 1.165) is 37.0 Å². The topological polar surface area (TPSA) is 72.4 Å². The SMILES string of the molecule is Cc1ccc2nc(CNC(=O)c3ccc4c(c3)CC(N)CCC4)cn2c1. The standard InChI is InChI=1S/C21H24N4O/c1-14-5-8-20-24-19(13-25(20)12-14)11-23-21(26)16-7-6-15-3-2-4-18(22)10-17(15)9-16/h5-9,12-13,18H,2-4,10-11,22H2,1H3,(H,23,26). The van der Waals surface area contributed by atoms with Gasteiger partial charge in [-0.2, -0.15) is 0 Å². The summed E-state index contributed by atoms with van der Waals surface area (Å²) in [5.41, 5.74) is 12.3. The Hall–Kier alpha value is -2.66. The Morgan fingerprint density at radius 3 is 3.04 bits per heavy atom. The van der Waals surface area contributed by atoms with Gasteiger partial charge in [0, 0.05) is 24.0 Å². The van der Waals surface area contributed by atoms with Crippen LogP contribution < -0.4 is 11.1 Å². The molecule has 0 radical (unpaired) electrons. The van der Waals surface area contributed by atoms with Crippen LogP contribution in [-0.4, -0.2) is 21.3 Å².